The second kappa shape index (κ2) is 8.87. The minimum absolute atomic E-state index is 0.0209. The number of amides is 1. The molecule has 182 valence electrons. The largest absolute Gasteiger partial charge is 0.573 e. The minimum Gasteiger partial charge on any atom is -0.405 e. The van der Waals surface area contributed by atoms with Gasteiger partial charge in [0.05, 0.1) is 5.39 Å². The lowest BCUT2D eigenvalue weighted by molar-refractivity contribution is -0.274. The highest BCUT2D eigenvalue weighted by atomic mass is 19.4. The number of anilines is 2. The van der Waals surface area contributed by atoms with E-state index in [1.54, 1.807) is 24.7 Å². The number of aliphatic hydroxyl groups is 1. The zero-order valence-corrected chi connectivity index (χ0v) is 18.4. The molecule has 0 aliphatic carbocycles. The molecule has 2 heterocycles. The number of hydrogen-bond donors (Lipinski definition) is 3. The Kier molecular flexibility index (Phi) is 6.07. The van der Waals surface area contributed by atoms with Crippen LogP contribution in [0, 0.1) is 12.7 Å². The molecule has 4 N–H and O–H groups in total. The van der Waals surface area contributed by atoms with E-state index in [1.165, 1.54) is 24.3 Å². The van der Waals surface area contributed by atoms with Crippen LogP contribution in [0.3, 0.4) is 0 Å². The molecule has 4 rings (SSSR count). The molecule has 0 radical (unpaired) electrons. The Bertz CT molecular complexity index is 1430. The molecule has 35 heavy (non-hydrogen) atoms. The monoisotopic (exact) mass is 489 g/mol. The predicted octanol–water partition coefficient (Wildman–Crippen LogP) is 4.24. The molecule has 0 saturated heterocycles. The van der Waals surface area contributed by atoms with Crippen LogP contribution in [0.5, 0.6) is 5.75 Å². The summed E-state index contributed by atoms with van der Waals surface area (Å²) in [6.45, 7) is 1.64. The SMILES string of the molecule is Cc1nc(N)c2c(-c3ccc(NC(=O)[C@@H](O)c4cccc(F)c4)cc3OC(F)(F)F)cn(C)c2n1. The Labute approximate surface area is 196 Å². The van der Waals surface area contributed by atoms with Crippen molar-refractivity contribution in [2.75, 3.05) is 11.1 Å². The van der Waals surface area contributed by atoms with Crippen LogP contribution in [0.1, 0.15) is 17.5 Å². The fourth-order valence-electron chi connectivity index (χ4n) is 3.69. The van der Waals surface area contributed by atoms with Crippen LogP contribution in [-0.2, 0) is 11.8 Å². The van der Waals surface area contributed by atoms with E-state index in [9.17, 15) is 27.5 Å². The second-order valence-corrected chi connectivity index (χ2v) is 7.71. The Morgan fingerprint density at radius 1 is 1.17 bits per heavy atom. The van der Waals surface area contributed by atoms with Crippen LogP contribution < -0.4 is 15.8 Å². The van der Waals surface area contributed by atoms with Gasteiger partial charge in [-0.25, -0.2) is 14.4 Å². The van der Waals surface area contributed by atoms with Crippen LogP contribution in [0.25, 0.3) is 22.2 Å². The van der Waals surface area contributed by atoms with E-state index < -0.39 is 29.9 Å². The number of fused-ring (bicyclic) bond motifs is 1. The fraction of sp³-hybridized carbons (Fsp3) is 0.174. The molecule has 12 heteroatoms. The second-order valence-electron chi connectivity index (χ2n) is 7.71. The number of halogens is 4. The summed E-state index contributed by atoms with van der Waals surface area (Å²) in [4.78, 5) is 20.8. The number of aromatic nitrogens is 3. The summed E-state index contributed by atoms with van der Waals surface area (Å²) >= 11 is 0. The normalized spacial score (nSPS) is 12.5. The van der Waals surface area contributed by atoms with Crippen LogP contribution in [-0.4, -0.2) is 31.9 Å². The maximum Gasteiger partial charge on any atom is 0.573 e. The maximum atomic E-state index is 13.4. The lowest BCUT2D eigenvalue weighted by atomic mass is 10.0. The summed E-state index contributed by atoms with van der Waals surface area (Å²) < 4.78 is 58.9. The number of hydrogen-bond acceptors (Lipinski definition) is 6. The predicted molar refractivity (Wildman–Crippen MR) is 120 cm³/mol. The summed E-state index contributed by atoms with van der Waals surface area (Å²) in [6.07, 6.45) is -5.25. The standard InChI is InChI=1S/C23H19F4N5O3/c1-11-29-20(28)18-16(10-32(2)21(18)30-11)15-7-6-14(9-17(15)35-23(25,26)27)31-22(34)19(33)12-4-3-5-13(24)8-12/h3-10,19,33H,1-2H3,(H,31,34)(H2,28,29,30)/t19-/m0/s1. The van der Waals surface area contributed by atoms with Crippen LogP contribution in [0.15, 0.2) is 48.7 Å². The molecule has 0 bridgehead atoms. The molecular formula is C23H19F4N5O3. The number of alkyl halides is 3. The van der Waals surface area contributed by atoms with Crippen LogP contribution >= 0.6 is 0 Å². The van der Waals surface area contributed by atoms with Crippen molar-refractivity contribution in [2.45, 2.75) is 19.4 Å². The lowest BCUT2D eigenvalue weighted by Gasteiger charge is -2.16. The van der Waals surface area contributed by atoms with Crippen molar-refractivity contribution in [3.8, 4) is 16.9 Å². The van der Waals surface area contributed by atoms with Gasteiger partial charge in [-0.05, 0) is 36.8 Å². The summed E-state index contributed by atoms with van der Waals surface area (Å²) in [5.41, 5.74) is 6.66. The molecule has 1 amide bonds. The molecule has 0 fully saturated rings. The highest BCUT2D eigenvalue weighted by Crippen LogP contribution is 2.41. The summed E-state index contributed by atoms with van der Waals surface area (Å²) in [6, 6.07) is 8.36. The summed E-state index contributed by atoms with van der Waals surface area (Å²) in [5, 5.41) is 12.9. The van der Waals surface area contributed by atoms with Crippen molar-refractivity contribution < 1.29 is 32.2 Å². The number of rotatable bonds is 5. The van der Waals surface area contributed by atoms with E-state index in [-0.39, 0.29) is 28.2 Å². The summed E-state index contributed by atoms with van der Waals surface area (Å²) in [5.74, 6) is -1.78. The van der Waals surface area contributed by atoms with Crippen LogP contribution in [0.2, 0.25) is 0 Å². The van der Waals surface area contributed by atoms with Crippen LogP contribution in [0.4, 0.5) is 29.1 Å². The molecule has 8 nitrogen and oxygen atoms in total. The Morgan fingerprint density at radius 2 is 1.91 bits per heavy atom. The van der Waals surface area contributed by atoms with Gasteiger partial charge in [-0.2, -0.15) is 0 Å². The van der Waals surface area contributed by atoms with Gasteiger partial charge in [0.25, 0.3) is 5.91 Å². The molecule has 0 aliphatic heterocycles. The number of benzene rings is 2. The molecule has 0 aliphatic rings. The molecule has 0 spiro atoms. The highest BCUT2D eigenvalue weighted by molar-refractivity contribution is 6.02. The van der Waals surface area contributed by atoms with Gasteiger partial charge in [0, 0.05) is 36.1 Å². The number of carbonyl (C=O) groups is 1. The van der Waals surface area contributed by atoms with E-state index in [1.807, 2.05) is 0 Å². The van der Waals surface area contributed by atoms with Gasteiger partial charge in [0.2, 0.25) is 0 Å². The first-order chi connectivity index (χ1) is 16.4. The fourth-order valence-corrected chi connectivity index (χ4v) is 3.69. The Hall–Kier alpha value is -4.19. The number of nitrogen functional groups attached to an aromatic ring is 1. The molecule has 4 aromatic rings. The number of aryl methyl sites for hydroxylation is 2. The van der Waals surface area contributed by atoms with Gasteiger partial charge in [0.15, 0.2) is 6.10 Å². The van der Waals surface area contributed by atoms with Crippen molar-refractivity contribution in [3.63, 3.8) is 0 Å². The zero-order chi connectivity index (χ0) is 25.5. The third kappa shape index (κ3) is 5.01. The van der Waals surface area contributed by atoms with Crippen molar-refractivity contribution in [1.82, 2.24) is 14.5 Å². The zero-order valence-electron chi connectivity index (χ0n) is 18.4. The van der Waals surface area contributed by atoms with Gasteiger partial charge in [-0.3, -0.25) is 4.79 Å². The van der Waals surface area contributed by atoms with Gasteiger partial charge >= 0.3 is 6.36 Å². The first kappa shape index (κ1) is 24.0. The average Bonchev–Trinajstić information content (AvgIpc) is 3.08. The van der Waals surface area contributed by atoms with E-state index in [0.29, 0.717) is 16.9 Å². The molecular weight excluding hydrogens is 470 g/mol. The Morgan fingerprint density at radius 3 is 2.60 bits per heavy atom. The van der Waals surface area contributed by atoms with Gasteiger partial charge in [-0.15, -0.1) is 13.2 Å². The number of nitrogens with zero attached hydrogens (tertiary/aromatic N) is 3. The maximum absolute atomic E-state index is 13.4. The molecule has 2 aromatic heterocycles. The average molecular weight is 489 g/mol. The third-order valence-corrected chi connectivity index (χ3v) is 5.13. The number of ether oxygens (including phenoxy) is 1. The number of nitrogens with two attached hydrogens (primary N) is 1. The summed E-state index contributed by atoms with van der Waals surface area (Å²) in [7, 11) is 1.66. The van der Waals surface area contributed by atoms with Crippen molar-refractivity contribution >= 4 is 28.4 Å². The quantitative estimate of drug-likeness (QED) is 0.362. The van der Waals surface area contributed by atoms with E-state index in [2.05, 4.69) is 20.0 Å². The molecule has 1 atom stereocenters. The lowest BCUT2D eigenvalue weighted by Crippen LogP contribution is -2.21. The molecule has 0 saturated carbocycles. The number of nitrogens with one attached hydrogen (secondary N) is 1. The highest BCUT2D eigenvalue weighted by Gasteiger charge is 2.33. The van der Waals surface area contributed by atoms with Crippen molar-refractivity contribution in [3.05, 3.63) is 65.9 Å². The van der Waals surface area contributed by atoms with Crippen molar-refractivity contribution in [1.29, 1.82) is 0 Å². The smallest absolute Gasteiger partial charge is 0.405 e. The van der Waals surface area contributed by atoms with E-state index in [0.717, 1.165) is 18.2 Å². The number of aliphatic hydroxyl groups excluding tert-OH is 1. The van der Waals surface area contributed by atoms with Gasteiger partial charge in [0.1, 0.15) is 28.9 Å². The minimum atomic E-state index is -5.04. The molecule has 0 unspecified atom stereocenters. The third-order valence-electron chi connectivity index (χ3n) is 5.13. The first-order valence-electron chi connectivity index (χ1n) is 10.2. The Balaban J connectivity index is 1.74. The van der Waals surface area contributed by atoms with E-state index in [4.69, 9.17) is 5.73 Å². The van der Waals surface area contributed by atoms with Gasteiger partial charge < -0.3 is 25.5 Å². The number of carbonyl (C=O) groups excluding carboxylic acids is 1. The van der Waals surface area contributed by atoms with Crippen molar-refractivity contribution in [2.24, 2.45) is 7.05 Å². The first-order valence-corrected chi connectivity index (χ1v) is 10.2. The van der Waals surface area contributed by atoms with E-state index >= 15 is 0 Å². The van der Waals surface area contributed by atoms with Gasteiger partial charge in [-0.1, -0.05) is 12.1 Å². The topological polar surface area (TPSA) is 115 Å². The molecule has 2 aromatic carbocycles.